The molecule has 0 spiro atoms. The normalized spacial score (nSPS) is 11.1. The Morgan fingerprint density at radius 2 is 1.63 bits per heavy atom. The van der Waals surface area contributed by atoms with Crippen LogP contribution >= 0.6 is 0 Å². The van der Waals surface area contributed by atoms with Gasteiger partial charge in [0.15, 0.2) is 0 Å². The molecule has 10 heteroatoms. The van der Waals surface area contributed by atoms with Crippen molar-refractivity contribution in [3.63, 3.8) is 0 Å². The summed E-state index contributed by atoms with van der Waals surface area (Å²) in [7, 11) is -4.63. The number of nitro groups is 1. The summed E-state index contributed by atoms with van der Waals surface area (Å²) in [5.41, 5.74) is 6.25. The van der Waals surface area contributed by atoms with Crippen LogP contribution in [-0.2, 0) is 19.6 Å². The van der Waals surface area contributed by atoms with Gasteiger partial charge >= 0.3 is 11.8 Å². The Morgan fingerprint density at radius 3 is 2.11 bits per heavy atom. The zero-order valence-electron chi connectivity index (χ0n) is 14.8. The predicted octanol–water partition coefficient (Wildman–Crippen LogP) is 1.73. The van der Waals surface area contributed by atoms with Gasteiger partial charge in [0.25, 0.3) is 15.7 Å². The van der Waals surface area contributed by atoms with Crippen molar-refractivity contribution in [2.45, 2.75) is 25.7 Å². The van der Waals surface area contributed by atoms with Crippen LogP contribution in [0.1, 0.15) is 16.7 Å². The Bertz CT molecular complexity index is 1040. The third-order valence-corrected chi connectivity index (χ3v) is 5.48. The monoisotopic (exact) mass is 391 g/mol. The number of aryl methyl sites for hydroxylation is 3. The molecule has 2 aromatic rings. The molecule has 0 fully saturated rings. The molecule has 0 atom stereocenters. The van der Waals surface area contributed by atoms with E-state index >= 15 is 0 Å². The van der Waals surface area contributed by atoms with Crippen molar-refractivity contribution in [1.82, 2.24) is 0 Å². The topological polar surface area (TPSA) is 141 Å². The molecule has 2 aromatic carbocycles. The number of benzene rings is 2. The first-order chi connectivity index (χ1) is 12.5. The molecule has 0 heterocycles. The fraction of sp³-hybridized carbons (Fsp3) is 0.176. The molecule has 27 heavy (non-hydrogen) atoms. The van der Waals surface area contributed by atoms with Crippen LogP contribution in [0, 0.1) is 30.9 Å². The third-order valence-electron chi connectivity index (χ3n) is 3.80. The number of non-ortho nitro benzene ring substituents is 1. The van der Waals surface area contributed by atoms with Crippen molar-refractivity contribution in [1.29, 1.82) is 0 Å². The van der Waals surface area contributed by atoms with Gasteiger partial charge in [0.05, 0.1) is 15.5 Å². The van der Waals surface area contributed by atoms with Crippen molar-refractivity contribution in [2.24, 2.45) is 5.73 Å². The highest BCUT2D eigenvalue weighted by atomic mass is 32.2. The van der Waals surface area contributed by atoms with Crippen molar-refractivity contribution >= 4 is 33.2 Å². The SMILES string of the molecule is Cc1cc(C)c(N(C(=O)C(N)=O)S(=O)(=O)c2cccc([N+](=O)[O-])c2)c(C)c1. The van der Waals surface area contributed by atoms with Gasteiger partial charge in [-0.1, -0.05) is 23.8 Å². The number of hydrogen-bond acceptors (Lipinski definition) is 6. The number of hydrogen-bond donors (Lipinski definition) is 1. The highest BCUT2D eigenvalue weighted by Gasteiger charge is 2.36. The minimum Gasteiger partial charge on any atom is -0.361 e. The molecular formula is C17H17N3O6S. The number of nitro benzene ring substituents is 1. The van der Waals surface area contributed by atoms with E-state index in [4.69, 9.17) is 5.73 Å². The lowest BCUT2D eigenvalue weighted by molar-refractivity contribution is -0.385. The molecule has 0 aliphatic heterocycles. The largest absolute Gasteiger partial charge is 0.361 e. The van der Waals surface area contributed by atoms with Crippen molar-refractivity contribution in [2.75, 3.05) is 4.31 Å². The fourth-order valence-corrected chi connectivity index (χ4v) is 4.35. The Hall–Kier alpha value is -3.27. The third kappa shape index (κ3) is 3.80. The maximum atomic E-state index is 13.1. The standard InChI is InChI=1S/C17H17N3O6S/c1-10-7-11(2)15(12(3)8-10)19(17(22)16(18)21)27(25,26)14-6-4-5-13(9-14)20(23)24/h4-9H,1-3H3,(H2,18,21). The molecule has 2 rings (SSSR count). The van der Waals surface area contributed by atoms with Crippen molar-refractivity contribution in [3.05, 3.63) is 63.2 Å². The molecule has 0 saturated carbocycles. The molecule has 0 aliphatic rings. The quantitative estimate of drug-likeness (QED) is 0.478. The summed E-state index contributed by atoms with van der Waals surface area (Å²) >= 11 is 0. The number of anilines is 1. The zero-order valence-corrected chi connectivity index (χ0v) is 15.6. The fourth-order valence-electron chi connectivity index (χ4n) is 2.79. The molecule has 0 radical (unpaired) electrons. The minimum absolute atomic E-state index is 0.0177. The molecular weight excluding hydrogens is 374 g/mol. The second-order valence-corrected chi connectivity index (χ2v) is 7.73. The van der Waals surface area contributed by atoms with Gasteiger partial charge in [-0.3, -0.25) is 19.7 Å². The number of carbonyl (C=O) groups is 2. The number of primary amides is 1. The summed E-state index contributed by atoms with van der Waals surface area (Å²) < 4.78 is 26.5. The molecule has 142 valence electrons. The first-order valence-corrected chi connectivity index (χ1v) is 9.12. The van der Waals surface area contributed by atoms with E-state index in [9.17, 15) is 28.1 Å². The summed E-state index contributed by atoms with van der Waals surface area (Å²) in [5.74, 6) is -2.93. The number of carbonyl (C=O) groups excluding carboxylic acids is 2. The van der Waals surface area contributed by atoms with E-state index in [1.165, 1.54) is 6.07 Å². The molecule has 2 N–H and O–H groups in total. The van der Waals surface area contributed by atoms with Gasteiger partial charge in [-0.05, 0) is 38.0 Å². The lowest BCUT2D eigenvalue weighted by Gasteiger charge is -2.25. The number of nitrogens with two attached hydrogens (primary N) is 1. The predicted molar refractivity (Wildman–Crippen MR) is 97.6 cm³/mol. The van der Waals surface area contributed by atoms with Crippen LogP contribution in [0.2, 0.25) is 0 Å². The van der Waals surface area contributed by atoms with Gasteiger partial charge < -0.3 is 5.73 Å². The highest BCUT2D eigenvalue weighted by molar-refractivity contribution is 7.93. The van der Waals surface area contributed by atoms with E-state index in [-0.39, 0.29) is 5.69 Å². The lowest BCUT2D eigenvalue weighted by Crippen LogP contribution is -2.45. The molecule has 9 nitrogen and oxygen atoms in total. The Balaban J connectivity index is 2.79. The molecule has 0 unspecified atom stereocenters. The van der Waals surface area contributed by atoms with Gasteiger partial charge in [-0.2, -0.15) is 4.31 Å². The molecule has 0 aliphatic carbocycles. The van der Waals surface area contributed by atoms with Crippen LogP contribution < -0.4 is 10.0 Å². The Labute approximate surface area is 155 Å². The average molecular weight is 391 g/mol. The Morgan fingerprint density at radius 1 is 1.07 bits per heavy atom. The number of sulfonamides is 1. The van der Waals surface area contributed by atoms with Crippen LogP contribution in [0.4, 0.5) is 11.4 Å². The van der Waals surface area contributed by atoms with Crippen LogP contribution in [0.5, 0.6) is 0 Å². The first-order valence-electron chi connectivity index (χ1n) is 7.68. The molecule has 0 aromatic heterocycles. The van der Waals surface area contributed by atoms with Gasteiger partial charge in [-0.25, -0.2) is 8.42 Å². The van der Waals surface area contributed by atoms with Crippen molar-refractivity contribution < 1.29 is 22.9 Å². The van der Waals surface area contributed by atoms with Gasteiger partial charge in [0, 0.05) is 12.1 Å². The average Bonchev–Trinajstić information content (AvgIpc) is 2.57. The van der Waals surface area contributed by atoms with Gasteiger partial charge in [0.1, 0.15) is 0 Å². The number of amides is 2. The van der Waals surface area contributed by atoms with E-state index in [0.717, 1.165) is 23.8 Å². The summed E-state index contributed by atoms with van der Waals surface area (Å²) in [6, 6.07) is 7.49. The Kier molecular flexibility index (Phi) is 5.31. The van der Waals surface area contributed by atoms with Gasteiger partial charge in [0.2, 0.25) is 0 Å². The summed E-state index contributed by atoms with van der Waals surface area (Å²) in [5, 5.41) is 11.0. The van der Waals surface area contributed by atoms with Crippen LogP contribution in [0.15, 0.2) is 41.3 Å². The molecule has 2 amide bonds. The van der Waals surface area contributed by atoms with E-state index in [2.05, 4.69) is 0 Å². The maximum Gasteiger partial charge on any atom is 0.330 e. The van der Waals surface area contributed by atoms with Crippen molar-refractivity contribution in [3.8, 4) is 0 Å². The number of rotatable bonds is 4. The zero-order chi connectivity index (χ0) is 20.5. The first kappa shape index (κ1) is 20.0. The van der Waals surface area contributed by atoms with E-state index < -0.39 is 37.3 Å². The van der Waals surface area contributed by atoms with Crippen LogP contribution in [0.25, 0.3) is 0 Å². The highest BCUT2D eigenvalue weighted by Crippen LogP contribution is 2.32. The van der Waals surface area contributed by atoms with Crippen LogP contribution in [-0.4, -0.2) is 25.2 Å². The lowest BCUT2D eigenvalue weighted by atomic mass is 10.1. The van der Waals surface area contributed by atoms with Gasteiger partial charge in [-0.15, -0.1) is 0 Å². The van der Waals surface area contributed by atoms with E-state index in [1.807, 2.05) is 0 Å². The van der Waals surface area contributed by atoms with E-state index in [0.29, 0.717) is 15.4 Å². The minimum atomic E-state index is -4.63. The molecule has 0 bridgehead atoms. The smallest absolute Gasteiger partial charge is 0.330 e. The van der Waals surface area contributed by atoms with E-state index in [1.54, 1.807) is 32.9 Å². The van der Waals surface area contributed by atoms with Crippen LogP contribution in [0.3, 0.4) is 0 Å². The number of nitrogens with zero attached hydrogens (tertiary/aromatic N) is 2. The summed E-state index contributed by atoms with van der Waals surface area (Å²) in [6.07, 6.45) is 0. The molecule has 0 saturated heterocycles. The maximum absolute atomic E-state index is 13.1. The second-order valence-electron chi connectivity index (χ2n) is 5.94. The second kappa shape index (κ2) is 7.16. The summed E-state index contributed by atoms with van der Waals surface area (Å²) in [6.45, 7) is 4.96. The summed E-state index contributed by atoms with van der Waals surface area (Å²) in [4.78, 5) is 33.6.